The third-order valence-electron chi connectivity index (χ3n) is 6.43. The summed E-state index contributed by atoms with van der Waals surface area (Å²) in [7, 11) is 0. The number of aromatic nitrogens is 2. The van der Waals surface area contributed by atoms with E-state index < -0.39 is 0 Å². The number of nitrogens with one attached hydrogen (secondary N) is 1. The van der Waals surface area contributed by atoms with Crippen molar-refractivity contribution in [2.24, 2.45) is 5.92 Å². The number of hydrogen-bond donors (Lipinski definition) is 1. The van der Waals surface area contributed by atoms with Crippen LogP contribution in [0.25, 0.3) is 0 Å². The zero-order valence-corrected chi connectivity index (χ0v) is 17.9. The number of nitrogens with zero attached hydrogens (tertiary/aromatic N) is 4. The Labute approximate surface area is 178 Å². The maximum atomic E-state index is 12.7. The summed E-state index contributed by atoms with van der Waals surface area (Å²) in [6.45, 7) is 7.65. The first-order valence-corrected chi connectivity index (χ1v) is 11.3. The normalized spacial score (nSPS) is 21.6. The summed E-state index contributed by atoms with van der Waals surface area (Å²) >= 11 is 0. The Morgan fingerprint density at radius 3 is 2.87 bits per heavy atom. The number of carbonyl (C=O) groups is 1. The van der Waals surface area contributed by atoms with Crippen LogP contribution in [-0.4, -0.2) is 58.1 Å². The highest BCUT2D eigenvalue weighted by atomic mass is 16.5. The second-order valence-corrected chi connectivity index (χ2v) is 8.56. The zero-order chi connectivity index (χ0) is 20.8. The Morgan fingerprint density at radius 1 is 1.27 bits per heavy atom. The first-order valence-electron chi connectivity index (χ1n) is 11.3. The van der Waals surface area contributed by atoms with E-state index in [2.05, 4.69) is 31.3 Å². The molecule has 1 atom stereocenters. The van der Waals surface area contributed by atoms with Crippen LogP contribution in [0.15, 0.2) is 35.1 Å². The molecule has 4 rings (SSSR count). The lowest BCUT2D eigenvalue weighted by Crippen LogP contribution is -2.50. The highest BCUT2D eigenvalue weighted by Crippen LogP contribution is 2.24. The van der Waals surface area contributed by atoms with Crippen LogP contribution >= 0.6 is 0 Å². The van der Waals surface area contributed by atoms with Crippen molar-refractivity contribution < 1.29 is 9.32 Å². The van der Waals surface area contributed by atoms with Crippen LogP contribution in [0.5, 0.6) is 0 Å². The molecule has 0 spiro atoms. The summed E-state index contributed by atoms with van der Waals surface area (Å²) in [6.07, 6.45) is 9.04. The first kappa shape index (κ1) is 21.0. The SMILES string of the molecule is CCc1cc(CNC(=O)C2CCCN(C3CCN(Cc4cccnc4)CC3)C2)on1. The fourth-order valence-corrected chi connectivity index (χ4v) is 4.67. The number of pyridine rings is 1. The molecule has 0 aliphatic carbocycles. The Kier molecular flexibility index (Phi) is 7.12. The summed E-state index contributed by atoms with van der Waals surface area (Å²) in [4.78, 5) is 22.0. The van der Waals surface area contributed by atoms with Crippen molar-refractivity contribution in [1.29, 1.82) is 0 Å². The molecule has 2 aliphatic rings. The molecule has 1 amide bonds. The molecule has 4 heterocycles. The van der Waals surface area contributed by atoms with E-state index >= 15 is 0 Å². The highest BCUT2D eigenvalue weighted by Gasteiger charge is 2.31. The van der Waals surface area contributed by atoms with Crippen molar-refractivity contribution in [3.63, 3.8) is 0 Å². The third kappa shape index (κ3) is 5.46. The maximum absolute atomic E-state index is 12.7. The van der Waals surface area contributed by atoms with E-state index in [1.54, 1.807) is 0 Å². The fraction of sp³-hybridized carbons (Fsp3) is 0.609. The molecule has 2 aliphatic heterocycles. The summed E-state index contributed by atoms with van der Waals surface area (Å²) < 4.78 is 5.28. The maximum Gasteiger partial charge on any atom is 0.224 e. The van der Waals surface area contributed by atoms with E-state index in [1.807, 2.05) is 31.5 Å². The van der Waals surface area contributed by atoms with Crippen LogP contribution in [-0.2, 0) is 24.3 Å². The van der Waals surface area contributed by atoms with E-state index in [0.29, 0.717) is 12.6 Å². The average Bonchev–Trinajstić information content (AvgIpc) is 3.27. The molecule has 2 aromatic heterocycles. The number of likely N-dealkylation sites (tertiary alicyclic amines) is 2. The van der Waals surface area contributed by atoms with E-state index in [1.165, 1.54) is 18.4 Å². The van der Waals surface area contributed by atoms with Crippen LogP contribution in [0, 0.1) is 5.92 Å². The molecular formula is C23H33N5O2. The number of piperidine rings is 2. The third-order valence-corrected chi connectivity index (χ3v) is 6.43. The molecule has 0 aromatic carbocycles. The first-order chi connectivity index (χ1) is 14.7. The molecule has 2 aromatic rings. The second kappa shape index (κ2) is 10.2. The van der Waals surface area contributed by atoms with Crippen molar-refractivity contribution in [1.82, 2.24) is 25.3 Å². The van der Waals surface area contributed by atoms with Gasteiger partial charge in [0.05, 0.1) is 18.2 Å². The number of carbonyl (C=O) groups excluding carboxylic acids is 1. The van der Waals surface area contributed by atoms with Gasteiger partial charge in [0.15, 0.2) is 5.76 Å². The second-order valence-electron chi connectivity index (χ2n) is 8.56. The molecule has 30 heavy (non-hydrogen) atoms. The van der Waals surface area contributed by atoms with Crippen LogP contribution < -0.4 is 5.32 Å². The number of hydrogen-bond acceptors (Lipinski definition) is 6. The zero-order valence-electron chi connectivity index (χ0n) is 17.9. The minimum absolute atomic E-state index is 0.0701. The Morgan fingerprint density at radius 2 is 2.13 bits per heavy atom. The van der Waals surface area contributed by atoms with Gasteiger partial charge in [0.1, 0.15) is 0 Å². The number of aryl methyl sites for hydroxylation is 1. The summed E-state index contributed by atoms with van der Waals surface area (Å²) in [5.41, 5.74) is 2.21. The molecule has 1 unspecified atom stereocenters. The summed E-state index contributed by atoms with van der Waals surface area (Å²) in [6, 6.07) is 6.67. The van der Waals surface area contributed by atoms with Gasteiger partial charge in [-0.1, -0.05) is 18.1 Å². The summed E-state index contributed by atoms with van der Waals surface area (Å²) in [5.74, 6) is 0.942. The lowest BCUT2D eigenvalue weighted by Gasteiger charge is -2.42. The number of rotatable bonds is 7. The van der Waals surface area contributed by atoms with Crippen LogP contribution in [0.4, 0.5) is 0 Å². The van der Waals surface area contributed by atoms with Crippen molar-refractivity contribution >= 4 is 5.91 Å². The van der Waals surface area contributed by atoms with Crippen LogP contribution in [0.3, 0.4) is 0 Å². The van der Waals surface area contributed by atoms with Crippen molar-refractivity contribution in [2.45, 2.75) is 58.2 Å². The van der Waals surface area contributed by atoms with Gasteiger partial charge in [-0.3, -0.25) is 19.6 Å². The fourth-order valence-electron chi connectivity index (χ4n) is 4.67. The van der Waals surface area contributed by atoms with Crippen molar-refractivity contribution in [2.75, 3.05) is 26.2 Å². The number of amides is 1. The van der Waals surface area contributed by atoms with Crippen LogP contribution in [0.1, 0.15) is 49.6 Å². The molecule has 7 nitrogen and oxygen atoms in total. The molecule has 7 heteroatoms. The molecule has 0 bridgehead atoms. The Hall–Kier alpha value is -2.25. The highest BCUT2D eigenvalue weighted by molar-refractivity contribution is 5.78. The summed E-state index contributed by atoms with van der Waals surface area (Å²) in [5, 5.41) is 7.04. The molecular weight excluding hydrogens is 378 g/mol. The quantitative estimate of drug-likeness (QED) is 0.755. The molecule has 162 valence electrons. The Balaban J connectivity index is 1.22. The van der Waals surface area contributed by atoms with Gasteiger partial charge in [-0.2, -0.15) is 0 Å². The van der Waals surface area contributed by atoms with Gasteiger partial charge in [-0.25, -0.2) is 0 Å². The molecule has 2 fully saturated rings. The standard InChI is InChI=1S/C23H33N5O2/c1-2-20-13-22(30-26-20)15-25-23(29)19-6-4-10-28(17-19)21-7-11-27(12-8-21)16-18-5-3-9-24-14-18/h3,5,9,13-14,19,21H,2,4,6-8,10-12,15-17H2,1H3,(H,25,29). The largest absolute Gasteiger partial charge is 0.359 e. The van der Waals surface area contributed by atoms with Gasteiger partial charge < -0.3 is 9.84 Å². The van der Waals surface area contributed by atoms with Crippen molar-refractivity contribution in [3.05, 3.63) is 47.6 Å². The van der Waals surface area contributed by atoms with E-state index in [-0.39, 0.29) is 11.8 Å². The minimum atomic E-state index is 0.0701. The predicted octanol–water partition coefficient (Wildman–Crippen LogP) is 2.62. The van der Waals surface area contributed by atoms with E-state index in [4.69, 9.17) is 4.52 Å². The molecule has 0 saturated carbocycles. The van der Waals surface area contributed by atoms with Gasteiger partial charge in [0.2, 0.25) is 5.91 Å². The monoisotopic (exact) mass is 411 g/mol. The lowest BCUT2D eigenvalue weighted by atomic mass is 9.93. The van der Waals surface area contributed by atoms with Crippen LogP contribution in [0.2, 0.25) is 0 Å². The molecule has 1 N–H and O–H groups in total. The van der Waals surface area contributed by atoms with Gasteiger partial charge in [-0.05, 0) is 63.4 Å². The lowest BCUT2D eigenvalue weighted by molar-refractivity contribution is -0.127. The van der Waals surface area contributed by atoms with Gasteiger partial charge in [-0.15, -0.1) is 0 Å². The minimum Gasteiger partial charge on any atom is -0.359 e. The molecule has 2 saturated heterocycles. The molecule has 0 radical (unpaired) electrons. The van der Waals surface area contributed by atoms with Gasteiger partial charge in [0, 0.05) is 37.6 Å². The predicted molar refractivity (Wildman–Crippen MR) is 115 cm³/mol. The Bertz CT molecular complexity index is 801. The van der Waals surface area contributed by atoms with E-state index in [0.717, 1.165) is 63.4 Å². The van der Waals surface area contributed by atoms with E-state index in [9.17, 15) is 4.79 Å². The topological polar surface area (TPSA) is 74.5 Å². The van der Waals surface area contributed by atoms with Gasteiger partial charge in [0.25, 0.3) is 0 Å². The van der Waals surface area contributed by atoms with Crippen molar-refractivity contribution in [3.8, 4) is 0 Å². The van der Waals surface area contributed by atoms with Gasteiger partial charge >= 0.3 is 0 Å². The average molecular weight is 412 g/mol. The smallest absolute Gasteiger partial charge is 0.224 e.